The lowest BCUT2D eigenvalue weighted by atomic mass is 10.0. The Labute approximate surface area is 103 Å². The molecule has 3 aliphatic carbocycles. The predicted octanol–water partition coefficient (Wildman–Crippen LogP) is 1.86. The lowest BCUT2D eigenvalue weighted by molar-refractivity contribution is 0.456. The molecule has 1 N–H and O–H groups in total. The molecule has 4 atom stereocenters. The summed E-state index contributed by atoms with van der Waals surface area (Å²) >= 11 is 0. The third kappa shape index (κ3) is 1.41. The molecule has 3 heteroatoms. The molecule has 0 aromatic carbocycles. The van der Waals surface area contributed by atoms with Gasteiger partial charge in [0.05, 0.1) is 5.69 Å². The van der Waals surface area contributed by atoms with Crippen molar-refractivity contribution in [2.24, 2.45) is 30.7 Å². The van der Waals surface area contributed by atoms with Crippen molar-refractivity contribution in [3.63, 3.8) is 0 Å². The van der Waals surface area contributed by atoms with Crippen LogP contribution in [0.4, 0.5) is 0 Å². The fraction of sp³-hybridized carbons (Fsp3) is 0.786. The van der Waals surface area contributed by atoms with Crippen molar-refractivity contribution in [1.29, 1.82) is 0 Å². The van der Waals surface area contributed by atoms with Crippen LogP contribution in [0.1, 0.15) is 30.5 Å². The van der Waals surface area contributed by atoms with Crippen LogP contribution in [-0.2, 0) is 13.6 Å². The molecule has 0 aliphatic heterocycles. The first-order valence-corrected chi connectivity index (χ1v) is 6.96. The Bertz CT molecular complexity index is 434. The van der Waals surface area contributed by atoms with Crippen LogP contribution in [0.15, 0.2) is 6.20 Å². The SMILES string of the molecule is Cc1nn(C)cc1CNC1C2C3CCC(C3)C12. The first-order chi connectivity index (χ1) is 8.24. The van der Waals surface area contributed by atoms with Gasteiger partial charge < -0.3 is 5.32 Å². The number of aryl methyl sites for hydroxylation is 2. The van der Waals surface area contributed by atoms with Gasteiger partial charge in [0.2, 0.25) is 0 Å². The van der Waals surface area contributed by atoms with Gasteiger partial charge in [0.15, 0.2) is 0 Å². The Balaban J connectivity index is 1.40. The van der Waals surface area contributed by atoms with Crippen molar-refractivity contribution >= 4 is 0 Å². The van der Waals surface area contributed by atoms with Crippen LogP contribution in [0, 0.1) is 30.6 Å². The zero-order valence-corrected chi connectivity index (χ0v) is 10.7. The molecule has 3 saturated carbocycles. The van der Waals surface area contributed by atoms with Gasteiger partial charge in [0, 0.05) is 31.4 Å². The number of nitrogens with one attached hydrogen (secondary N) is 1. The van der Waals surface area contributed by atoms with Gasteiger partial charge in [0.1, 0.15) is 0 Å². The van der Waals surface area contributed by atoms with Crippen LogP contribution in [0.2, 0.25) is 0 Å². The molecular weight excluding hydrogens is 210 g/mol. The molecule has 0 saturated heterocycles. The van der Waals surface area contributed by atoms with E-state index in [9.17, 15) is 0 Å². The van der Waals surface area contributed by atoms with Gasteiger partial charge in [-0.25, -0.2) is 0 Å². The summed E-state index contributed by atoms with van der Waals surface area (Å²) in [6.45, 7) is 3.12. The highest BCUT2D eigenvalue weighted by Crippen LogP contribution is 2.65. The van der Waals surface area contributed by atoms with E-state index in [1.54, 1.807) is 6.42 Å². The van der Waals surface area contributed by atoms with Crippen molar-refractivity contribution in [3.8, 4) is 0 Å². The summed E-state index contributed by atoms with van der Waals surface area (Å²) in [5, 5.41) is 8.18. The minimum atomic E-state index is 0.834. The van der Waals surface area contributed by atoms with E-state index >= 15 is 0 Å². The molecule has 4 rings (SSSR count). The number of aromatic nitrogens is 2. The van der Waals surface area contributed by atoms with Gasteiger partial charge in [-0.05, 0) is 49.9 Å². The normalized spacial score (nSPS) is 41.9. The molecule has 1 heterocycles. The largest absolute Gasteiger partial charge is 0.309 e. The van der Waals surface area contributed by atoms with E-state index in [1.807, 2.05) is 11.7 Å². The van der Waals surface area contributed by atoms with Gasteiger partial charge in [-0.3, -0.25) is 4.68 Å². The van der Waals surface area contributed by atoms with Crippen molar-refractivity contribution in [3.05, 3.63) is 17.5 Å². The predicted molar refractivity (Wildman–Crippen MR) is 66.4 cm³/mol. The van der Waals surface area contributed by atoms with Crippen molar-refractivity contribution in [2.75, 3.05) is 0 Å². The Morgan fingerprint density at radius 1 is 1.35 bits per heavy atom. The fourth-order valence-corrected chi connectivity index (χ4v) is 4.65. The van der Waals surface area contributed by atoms with Crippen LogP contribution in [-0.4, -0.2) is 15.8 Å². The Morgan fingerprint density at radius 3 is 2.65 bits per heavy atom. The summed E-state index contributed by atoms with van der Waals surface area (Å²) in [4.78, 5) is 0. The summed E-state index contributed by atoms with van der Waals surface area (Å²) in [5.74, 6) is 4.20. The standard InChI is InChI=1S/C14H21N3/c1-8-11(7-17(2)16-8)6-15-14-12-9-3-4-10(5-9)13(12)14/h7,9-10,12-15H,3-6H2,1-2H3. The van der Waals surface area contributed by atoms with Gasteiger partial charge in [-0.15, -0.1) is 0 Å². The molecule has 0 radical (unpaired) electrons. The fourth-order valence-electron chi connectivity index (χ4n) is 4.65. The zero-order valence-electron chi connectivity index (χ0n) is 10.7. The smallest absolute Gasteiger partial charge is 0.0638 e. The average molecular weight is 231 g/mol. The highest BCUT2D eigenvalue weighted by molar-refractivity contribution is 5.19. The highest BCUT2D eigenvalue weighted by Gasteiger charge is 2.64. The van der Waals surface area contributed by atoms with E-state index in [0.717, 1.165) is 36.3 Å². The van der Waals surface area contributed by atoms with E-state index in [4.69, 9.17) is 0 Å². The lowest BCUT2D eigenvalue weighted by Crippen LogP contribution is -2.22. The first-order valence-electron chi connectivity index (χ1n) is 6.96. The van der Waals surface area contributed by atoms with E-state index in [0.29, 0.717) is 0 Å². The molecule has 2 bridgehead atoms. The monoisotopic (exact) mass is 231 g/mol. The summed E-state index contributed by atoms with van der Waals surface area (Å²) in [7, 11) is 2.00. The minimum absolute atomic E-state index is 0.834. The molecule has 0 spiro atoms. The maximum atomic E-state index is 4.40. The van der Waals surface area contributed by atoms with Crippen LogP contribution < -0.4 is 5.32 Å². The zero-order chi connectivity index (χ0) is 11.6. The second-order valence-electron chi connectivity index (χ2n) is 6.31. The minimum Gasteiger partial charge on any atom is -0.309 e. The van der Waals surface area contributed by atoms with Crippen LogP contribution >= 0.6 is 0 Å². The summed E-state index contributed by atoms with van der Waals surface area (Å²) in [5.41, 5.74) is 2.54. The van der Waals surface area contributed by atoms with Gasteiger partial charge in [0.25, 0.3) is 0 Å². The number of hydrogen-bond acceptors (Lipinski definition) is 2. The van der Waals surface area contributed by atoms with Gasteiger partial charge in [-0.2, -0.15) is 5.10 Å². The Kier molecular flexibility index (Phi) is 1.99. The molecule has 1 aromatic rings. The summed E-state index contributed by atoms with van der Waals surface area (Å²) < 4.78 is 1.92. The maximum Gasteiger partial charge on any atom is 0.0638 e. The van der Waals surface area contributed by atoms with Crippen LogP contribution in [0.5, 0.6) is 0 Å². The molecule has 3 aliphatic rings. The molecular formula is C14H21N3. The Morgan fingerprint density at radius 2 is 2.06 bits per heavy atom. The third-order valence-corrected chi connectivity index (χ3v) is 5.38. The second kappa shape index (κ2) is 3.35. The summed E-state index contributed by atoms with van der Waals surface area (Å²) in [6, 6.07) is 0.834. The van der Waals surface area contributed by atoms with Crippen molar-refractivity contribution in [2.45, 2.75) is 38.8 Å². The van der Waals surface area contributed by atoms with Crippen LogP contribution in [0.3, 0.4) is 0 Å². The quantitative estimate of drug-likeness (QED) is 0.860. The van der Waals surface area contributed by atoms with Crippen molar-refractivity contribution in [1.82, 2.24) is 15.1 Å². The second-order valence-corrected chi connectivity index (χ2v) is 6.31. The number of fused-ring (bicyclic) bond motifs is 5. The molecule has 3 nitrogen and oxygen atoms in total. The molecule has 17 heavy (non-hydrogen) atoms. The molecule has 3 fully saturated rings. The maximum absolute atomic E-state index is 4.40. The van der Waals surface area contributed by atoms with Crippen molar-refractivity contribution < 1.29 is 0 Å². The number of nitrogens with zero attached hydrogens (tertiary/aromatic N) is 2. The molecule has 92 valence electrons. The lowest BCUT2D eigenvalue weighted by Gasteiger charge is -2.09. The first kappa shape index (κ1) is 10.1. The summed E-state index contributed by atoms with van der Waals surface area (Å²) in [6.07, 6.45) is 6.71. The topological polar surface area (TPSA) is 29.9 Å². The Hall–Kier alpha value is -0.830. The number of hydrogen-bond donors (Lipinski definition) is 1. The van der Waals surface area contributed by atoms with Crippen LogP contribution in [0.25, 0.3) is 0 Å². The molecule has 0 amide bonds. The number of rotatable bonds is 3. The highest BCUT2D eigenvalue weighted by atomic mass is 15.3. The van der Waals surface area contributed by atoms with E-state index in [2.05, 4.69) is 23.5 Å². The van der Waals surface area contributed by atoms with E-state index in [1.165, 1.54) is 24.1 Å². The molecule has 4 unspecified atom stereocenters. The third-order valence-electron chi connectivity index (χ3n) is 5.38. The van der Waals surface area contributed by atoms with Gasteiger partial charge >= 0.3 is 0 Å². The molecule has 1 aromatic heterocycles. The van der Waals surface area contributed by atoms with E-state index < -0.39 is 0 Å². The average Bonchev–Trinajstić information content (AvgIpc) is 2.64. The van der Waals surface area contributed by atoms with E-state index in [-0.39, 0.29) is 0 Å². The van der Waals surface area contributed by atoms with Gasteiger partial charge in [-0.1, -0.05) is 0 Å².